The van der Waals surface area contributed by atoms with Crippen LogP contribution in [0.5, 0.6) is 0 Å². The number of nitrogens with zero attached hydrogens (tertiary/aromatic N) is 2. The maximum Gasteiger partial charge on any atom is 0.108 e. The van der Waals surface area contributed by atoms with Crippen molar-refractivity contribution in [2.75, 3.05) is 0 Å². The van der Waals surface area contributed by atoms with E-state index >= 15 is 0 Å². The Labute approximate surface area is 136 Å². The van der Waals surface area contributed by atoms with Gasteiger partial charge in [-0.3, -0.25) is 0 Å². The van der Waals surface area contributed by atoms with Gasteiger partial charge in [-0.15, -0.1) is 0 Å². The molecule has 2 aromatic carbocycles. The highest BCUT2D eigenvalue weighted by Crippen LogP contribution is 2.55. The summed E-state index contributed by atoms with van der Waals surface area (Å²) in [5, 5.41) is 19.6. The summed E-state index contributed by atoms with van der Waals surface area (Å²) in [6.45, 7) is 2.10. The fourth-order valence-electron chi connectivity index (χ4n) is 4.22. The van der Waals surface area contributed by atoms with E-state index in [9.17, 15) is 10.5 Å². The second kappa shape index (κ2) is 4.83. The third kappa shape index (κ3) is 1.73. The standard InChI is InChI=1S/C21H16N2/c1-14-7-8-17-16(12-22)9-10-21(13-23)19(11-18(14)20(17)21)15-5-3-2-4-6-15/h2-10,16,19H,11H2,1H3/t16-,19?,21+/m0/s1. The van der Waals surface area contributed by atoms with Gasteiger partial charge in [0.15, 0.2) is 0 Å². The molecule has 0 fully saturated rings. The number of hydrogen-bond acceptors (Lipinski definition) is 2. The Morgan fingerprint density at radius 2 is 1.87 bits per heavy atom. The van der Waals surface area contributed by atoms with Crippen LogP contribution in [0.4, 0.5) is 0 Å². The number of hydrogen-bond donors (Lipinski definition) is 0. The molecule has 0 spiro atoms. The summed E-state index contributed by atoms with van der Waals surface area (Å²) >= 11 is 0. The molecule has 0 radical (unpaired) electrons. The second-order valence-electron chi connectivity index (χ2n) is 6.44. The highest BCUT2D eigenvalue weighted by atomic mass is 14.5. The molecule has 23 heavy (non-hydrogen) atoms. The van der Waals surface area contributed by atoms with Crippen LogP contribution in [0.15, 0.2) is 54.6 Å². The molecule has 1 unspecified atom stereocenters. The number of rotatable bonds is 1. The highest BCUT2D eigenvalue weighted by molar-refractivity contribution is 5.64. The number of aryl methyl sites for hydroxylation is 1. The van der Waals surface area contributed by atoms with Gasteiger partial charge in [-0.2, -0.15) is 10.5 Å². The molecule has 2 nitrogen and oxygen atoms in total. The van der Waals surface area contributed by atoms with E-state index in [0.717, 1.165) is 17.5 Å². The van der Waals surface area contributed by atoms with Gasteiger partial charge < -0.3 is 0 Å². The molecule has 110 valence electrons. The van der Waals surface area contributed by atoms with Gasteiger partial charge in [0.25, 0.3) is 0 Å². The molecular formula is C21H16N2. The lowest BCUT2D eigenvalue weighted by Crippen LogP contribution is -2.30. The van der Waals surface area contributed by atoms with Crippen molar-refractivity contribution in [2.24, 2.45) is 0 Å². The minimum atomic E-state index is -0.647. The van der Waals surface area contributed by atoms with Crippen LogP contribution in [0, 0.1) is 29.6 Å². The smallest absolute Gasteiger partial charge is 0.108 e. The Balaban J connectivity index is 2.01. The molecular weight excluding hydrogens is 280 g/mol. The zero-order chi connectivity index (χ0) is 16.0. The lowest BCUT2D eigenvalue weighted by atomic mass is 9.67. The molecule has 3 atom stereocenters. The first-order valence-corrected chi connectivity index (χ1v) is 7.89. The molecule has 0 bridgehead atoms. The minimum absolute atomic E-state index is 0.111. The monoisotopic (exact) mass is 296 g/mol. The molecule has 2 aliphatic rings. The van der Waals surface area contributed by atoms with Gasteiger partial charge in [-0.1, -0.05) is 54.6 Å². The Bertz CT molecular complexity index is 896. The number of benzene rings is 2. The van der Waals surface area contributed by atoms with E-state index in [1.807, 2.05) is 36.4 Å². The van der Waals surface area contributed by atoms with E-state index in [0.29, 0.717) is 0 Å². The van der Waals surface area contributed by atoms with Gasteiger partial charge in [0.2, 0.25) is 0 Å². The summed E-state index contributed by atoms with van der Waals surface area (Å²) in [5.74, 6) is -0.139. The van der Waals surface area contributed by atoms with Crippen LogP contribution < -0.4 is 0 Å². The summed E-state index contributed by atoms with van der Waals surface area (Å²) in [6, 6.07) is 19.4. The van der Waals surface area contributed by atoms with Gasteiger partial charge in [0.1, 0.15) is 5.41 Å². The summed E-state index contributed by atoms with van der Waals surface area (Å²) in [6.07, 6.45) is 4.75. The van der Waals surface area contributed by atoms with Crippen molar-refractivity contribution in [3.05, 3.63) is 82.4 Å². The maximum absolute atomic E-state index is 10.1. The quantitative estimate of drug-likeness (QED) is 0.738. The van der Waals surface area contributed by atoms with Crippen molar-refractivity contribution >= 4 is 0 Å². The lowest BCUT2D eigenvalue weighted by molar-refractivity contribution is 0.556. The van der Waals surface area contributed by atoms with Crippen LogP contribution in [-0.2, 0) is 11.8 Å². The first-order valence-electron chi connectivity index (χ1n) is 7.89. The van der Waals surface area contributed by atoms with E-state index in [2.05, 4.69) is 37.3 Å². The topological polar surface area (TPSA) is 47.6 Å². The van der Waals surface area contributed by atoms with Gasteiger partial charge in [0.05, 0.1) is 18.1 Å². The molecule has 0 aliphatic heterocycles. The fourth-order valence-corrected chi connectivity index (χ4v) is 4.22. The molecule has 4 rings (SSSR count). The molecule has 2 aliphatic carbocycles. The summed E-state index contributed by atoms with van der Waals surface area (Å²) in [5.41, 5.74) is 5.11. The van der Waals surface area contributed by atoms with E-state index in [-0.39, 0.29) is 11.8 Å². The summed E-state index contributed by atoms with van der Waals surface area (Å²) < 4.78 is 0. The van der Waals surface area contributed by atoms with Crippen LogP contribution >= 0.6 is 0 Å². The molecule has 0 heterocycles. The maximum atomic E-state index is 10.1. The van der Waals surface area contributed by atoms with E-state index in [4.69, 9.17) is 0 Å². The van der Waals surface area contributed by atoms with E-state index in [1.165, 1.54) is 16.7 Å². The van der Waals surface area contributed by atoms with Gasteiger partial charge in [0, 0.05) is 5.92 Å². The van der Waals surface area contributed by atoms with Crippen molar-refractivity contribution in [2.45, 2.75) is 30.6 Å². The van der Waals surface area contributed by atoms with Gasteiger partial charge >= 0.3 is 0 Å². The highest BCUT2D eigenvalue weighted by Gasteiger charge is 2.50. The van der Waals surface area contributed by atoms with Crippen LogP contribution in [0.2, 0.25) is 0 Å². The predicted octanol–water partition coefficient (Wildman–Crippen LogP) is 4.27. The molecule has 2 heteroatoms. The zero-order valence-corrected chi connectivity index (χ0v) is 13.0. The van der Waals surface area contributed by atoms with Gasteiger partial charge in [-0.25, -0.2) is 0 Å². The number of allylic oxidation sites excluding steroid dienone is 2. The Morgan fingerprint density at radius 3 is 2.57 bits per heavy atom. The first kappa shape index (κ1) is 13.8. The minimum Gasteiger partial charge on any atom is -0.197 e. The van der Waals surface area contributed by atoms with Crippen molar-refractivity contribution < 1.29 is 0 Å². The number of nitriles is 2. The summed E-state index contributed by atoms with van der Waals surface area (Å²) in [4.78, 5) is 0. The molecule has 0 aromatic heterocycles. The Hall–Kier alpha value is -2.84. The third-order valence-corrected chi connectivity index (χ3v) is 5.36. The Kier molecular flexibility index (Phi) is 2.90. The summed E-state index contributed by atoms with van der Waals surface area (Å²) in [7, 11) is 0. The van der Waals surface area contributed by atoms with Crippen LogP contribution in [0.3, 0.4) is 0 Å². The first-order chi connectivity index (χ1) is 11.2. The zero-order valence-electron chi connectivity index (χ0n) is 13.0. The SMILES string of the molecule is Cc1ccc2c3c1CC(c1ccccc1)[C@]3(C#N)C=C[C@H]2C#N. The van der Waals surface area contributed by atoms with Crippen molar-refractivity contribution in [1.82, 2.24) is 0 Å². The second-order valence-corrected chi connectivity index (χ2v) is 6.44. The molecule has 0 N–H and O–H groups in total. The van der Waals surface area contributed by atoms with Crippen LogP contribution in [-0.4, -0.2) is 0 Å². The molecule has 0 saturated carbocycles. The van der Waals surface area contributed by atoms with E-state index < -0.39 is 5.41 Å². The van der Waals surface area contributed by atoms with Crippen LogP contribution in [0.25, 0.3) is 0 Å². The lowest BCUT2D eigenvalue weighted by Gasteiger charge is -2.32. The van der Waals surface area contributed by atoms with Crippen molar-refractivity contribution in [1.29, 1.82) is 10.5 Å². The fraction of sp³-hybridized carbons (Fsp3) is 0.238. The largest absolute Gasteiger partial charge is 0.197 e. The molecule has 2 aromatic rings. The predicted molar refractivity (Wildman–Crippen MR) is 88.9 cm³/mol. The van der Waals surface area contributed by atoms with Crippen molar-refractivity contribution in [3.63, 3.8) is 0 Å². The van der Waals surface area contributed by atoms with E-state index in [1.54, 1.807) is 0 Å². The normalized spacial score (nSPS) is 27.1. The van der Waals surface area contributed by atoms with Crippen LogP contribution in [0.1, 0.15) is 39.7 Å². The Morgan fingerprint density at radius 1 is 1.09 bits per heavy atom. The average molecular weight is 296 g/mol. The molecule has 0 saturated heterocycles. The van der Waals surface area contributed by atoms with Crippen molar-refractivity contribution in [3.8, 4) is 12.1 Å². The third-order valence-electron chi connectivity index (χ3n) is 5.36. The molecule has 0 amide bonds. The van der Waals surface area contributed by atoms with Gasteiger partial charge in [-0.05, 0) is 41.2 Å². The average Bonchev–Trinajstić information content (AvgIpc) is 2.96.